The van der Waals surface area contributed by atoms with Crippen LogP contribution in [0.1, 0.15) is 37.7 Å². The van der Waals surface area contributed by atoms with Gasteiger partial charge in [-0.05, 0) is 61.8 Å². The lowest BCUT2D eigenvalue weighted by molar-refractivity contribution is -0.120. The summed E-state index contributed by atoms with van der Waals surface area (Å²) >= 11 is 0. The van der Waals surface area contributed by atoms with Crippen molar-refractivity contribution in [2.24, 2.45) is 17.6 Å². The Balaban J connectivity index is 1.50. The Labute approximate surface area is 148 Å². The zero-order valence-corrected chi connectivity index (χ0v) is 14.7. The van der Waals surface area contributed by atoms with E-state index >= 15 is 0 Å². The van der Waals surface area contributed by atoms with Crippen LogP contribution in [-0.4, -0.2) is 31.7 Å². The first-order valence-corrected chi connectivity index (χ1v) is 9.22. The number of ether oxygens (including phenoxy) is 2. The molecule has 5 heteroatoms. The standard InChI is InChI=1S/C20H26N2O3/c1-24-17-5-6-18-14(10-17)7-15(11-25-18)20(23)22-19-12-3-2-4-13(19)9-16(21)8-12/h5-7,10,12-13,16,19H,2-4,8-9,11,21H2,1H3,(H,22,23). The molecule has 4 rings (SSSR count). The van der Waals surface area contributed by atoms with E-state index in [0.717, 1.165) is 29.9 Å². The Morgan fingerprint density at radius 3 is 2.76 bits per heavy atom. The van der Waals surface area contributed by atoms with E-state index in [-0.39, 0.29) is 11.9 Å². The second-order valence-corrected chi connectivity index (χ2v) is 7.54. The van der Waals surface area contributed by atoms with E-state index < -0.39 is 0 Å². The van der Waals surface area contributed by atoms with Crippen LogP contribution < -0.4 is 20.5 Å². The zero-order chi connectivity index (χ0) is 17.4. The van der Waals surface area contributed by atoms with Gasteiger partial charge in [0.15, 0.2) is 0 Å². The Hall–Kier alpha value is -2.01. The molecule has 3 N–H and O–H groups in total. The second-order valence-electron chi connectivity index (χ2n) is 7.54. The number of nitrogens with one attached hydrogen (secondary N) is 1. The van der Waals surface area contributed by atoms with Gasteiger partial charge in [-0.15, -0.1) is 0 Å². The van der Waals surface area contributed by atoms with Gasteiger partial charge in [0.1, 0.15) is 18.1 Å². The van der Waals surface area contributed by atoms with E-state index in [0.29, 0.717) is 30.1 Å². The van der Waals surface area contributed by atoms with Gasteiger partial charge in [0, 0.05) is 17.6 Å². The molecule has 2 aliphatic carbocycles. The minimum atomic E-state index is -0.00848. The molecule has 1 aromatic rings. The summed E-state index contributed by atoms with van der Waals surface area (Å²) in [7, 11) is 1.63. The SMILES string of the molecule is COc1ccc2c(c1)C=C(C(=O)NC1C3CCCC1CC(N)C3)CO2. The van der Waals surface area contributed by atoms with E-state index in [1.807, 2.05) is 24.3 Å². The first kappa shape index (κ1) is 16.5. The Bertz CT molecular complexity index is 686. The van der Waals surface area contributed by atoms with Crippen LogP contribution in [0.5, 0.6) is 11.5 Å². The summed E-state index contributed by atoms with van der Waals surface area (Å²) in [5.74, 6) is 2.58. The molecule has 2 unspecified atom stereocenters. The van der Waals surface area contributed by atoms with E-state index in [2.05, 4.69) is 5.32 Å². The maximum atomic E-state index is 12.8. The van der Waals surface area contributed by atoms with Crippen LogP contribution in [0, 0.1) is 11.8 Å². The molecule has 1 heterocycles. The fourth-order valence-electron chi connectivity index (χ4n) is 4.68. The maximum Gasteiger partial charge on any atom is 0.250 e. The van der Waals surface area contributed by atoms with Gasteiger partial charge in [0.05, 0.1) is 12.7 Å². The summed E-state index contributed by atoms with van der Waals surface area (Å²) < 4.78 is 11.0. The minimum absolute atomic E-state index is 0.00848. The number of amides is 1. The molecule has 1 aromatic carbocycles. The number of carbonyl (C=O) groups is 1. The molecule has 0 saturated heterocycles. The van der Waals surface area contributed by atoms with Crippen molar-refractivity contribution in [3.05, 3.63) is 29.3 Å². The van der Waals surface area contributed by atoms with E-state index in [1.165, 1.54) is 19.3 Å². The smallest absolute Gasteiger partial charge is 0.250 e. The average Bonchev–Trinajstić information content (AvgIpc) is 2.61. The molecular weight excluding hydrogens is 316 g/mol. The van der Waals surface area contributed by atoms with Crippen LogP contribution in [0.3, 0.4) is 0 Å². The van der Waals surface area contributed by atoms with Crippen molar-refractivity contribution in [2.75, 3.05) is 13.7 Å². The topological polar surface area (TPSA) is 73.6 Å². The highest BCUT2D eigenvalue weighted by Crippen LogP contribution is 2.40. The molecule has 2 fully saturated rings. The molecule has 2 atom stereocenters. The molecule has 0 aromatic heterocycles. The third kappa shape index (κ3) is 3.25. The third-order valence-corrected chi connectivity index (χ3v) is 5.90. The third-order valence-electron chi connectivity index (χ3n) is 5.90. The normalized spacial score (nSPS) is 30.6. The highest BCUT2D eigenvalue weighted by atomic mass is 16.5. The number of hydrogen-bond donors (Lipinski definition) is 2. The van der Waals surface area contributed by atoms with E-state index in [4.69, 9.17) is 15.2 Å². The van der Waals surface area contributed by atoms with Crippen molar-refractivity contribution < 1.29 is 14.3 Å². The van der Waals surface area contributed by atoms with Gasteiger partial charge in [-0.2, -0.15) is 0 Å². The highest BCUT2D eigenvalue weighted by molar-refractivity contribution is 5.99. The summed E-state index contributed by atoms with van der Waals surface area (Å²) in [5.41, 5.74) is 7.75. The molecule has 25 heavy (non-hydrogen) atoms. The highest BCUT2D eigenvalue weighted by Gasteiger charge is 2.40. The summed E-state index contributed by atoms with van der Waals surface area (Å²) in [4.78, 5) is 12.8. The number of rotatable bonds is 3. The molecule has 2 bridgehead atoms. The number of carbonyl (C=O) groups excluding carboxylic acids is 1. The van der Waals surface area contributed by atoms with Crippen molar-refractivity contribution in [3.8, 4) is 11.5 Å². The molecule has 134 valence electrons. The molecule has 0 radical (unpaired) electrons. The first-order chi connectivity index (χ1) is 12.1. The van der Waals surface area contributed by atoms with Gasteiger partial charge < -0.3 is 20.5 Å². The van der Waals surface area contributed by atoms with Gasteiger partial charge in [0.25, 0.3) is 5.91 Å². The van der Waals surface area contributed by atoms with Gasteiger partial charge in [-0.25, -0.2) is 0 Å². The molecular formula is C20H26N2O3. The van der Waals surface area contributed by atoms with Crippen molar-refractivity contribution >= 4 is 12.0 Å². The van der Waals surface area contributed by atoms with E-state index in [9.17, 15) is 4.79 Å². The van der Waals surface area contributed by atoms with E-state index in [1.54, 1.807) is 7.11 Å². The van der Waals surface area contributed by atoms with Gasteiger partial charge in [0.2, 0.25) is 0 Å². The lowest BCUT2D eigenvalue weighted by Gasteiger charge is -2.45. The number of benzene rings is 1. The average molecular weight is 342 g/mol. The lowest BCUT2D eigenvalue weighted by atomic mass is 9.67. The number of hydrogen-bond acceptors (Lipinski definition) is 4. The Morgan fingerprint density at radius 2 is 2.04 bits per heavy atom. The Morgan fingerprint density at radius 1 is 1.28 bits per heavy atom. The quantitative estimate of drug-likeness (QED) is 0.885. The van der Waals surface area contributed by atoms with Crippen molar-refractivity contribution in [1.29, 1.82) is 0 Å². The first-order valence-electron chi connectivity index (χ1n) is 9.22. The van der Waals surface area contributed by atoms with Gasteiger partial charge >= 0.3 is 0 Å². The summed E-state index contributed by atoms with van der Waals surface area (Å²) in [6.45, 7) is 0.312. The van der Waals surface area contributed by atoms with Crippen LogP contribution in [-0.2, 0) is 4.79 Å². The number of nitrogens with two attached hydrogens (primary N) is 1. The minimum Gasteiger partial charge on any atom is -0.497 e. The summed E-state index contributed by atoms with van der Waals surface area (Å²) in [5, 5.41) is 3.30. The number of fused-ring (bicyclic) bond motifs is 3. The molecule has 1 amide bonds. The van der Waals surface area contributed by atoms with Crippen LogP contribution in [0.25, 0.3) is 6.08 Å². The second kappa shape index (κ2) is 6.71. The Kier molecular flexibility index (Phi) is 4.42. The largest absolute Gasteiger partial charge is 0.497 e. The zero-order valence-electron chi connectivity index (χ0n) is 14.7. The van der Waals surface area contributed by atoms with Crippen LogP contribution in [0.15, 0.2) is 23.8 Å². The van der Waals surface area contributed by atoms with Crippen LogP contribution in [0.2, 0.25) is 0 Å². The van der Waals surface area contributed by atoms with Crippen molar-refractivity contribution in [2.45, 2.75) is 44.2 Å². The predicted octanol–water partition coefficient (Wildman–Crippen LogP) is 2.49. The maximum absolute atomic E-state index is 12.8. The van der Waals surface area contributed by atoms with Gasteiger partial charge in [-0.3, -0.25) is 4.79 Å². The predicted molar refractivity (Wildman–Crippen MR) is 96.4 cm³/mol. The molecule has 0 spiro atoms. The molecule has 3 aliphatic rings. The van der Waals surface area contributed by atoms with Crippen molar-refractivity contribution in [3.63, 3.8) is 0 Å². The number of methoxy groups -OCH3 is 1. The van der Waals surface area contributed by atoms with Crippen LogP contribution in [0.4, 0.5) is 0 Å². The summed E-state index contributed by atoms with van der Waals surface area (Å²) in [6, 6.07) is 6.20. The molecule has 1 aliphatic heterocycles. The fourth-order valence-corrected chi connectivity index (χ4v) is 4.68. The molecule has 2 saturated carbocycles. The molecule has 5 nitrogen and oxygen atoms in total. The van der Waals surface area contributed by atoms with Crippen molar-refractivity contribution in [1.82, 2.24) is 5.32 Å². The van der Waals surface area contributed by atoms with Crippen LogP contribution >= 0.6 is 0 Å². The fraction of sp³-hybridized carbons (Fsp3) is 0.550. The monoisotopic (exact) mass is 342 g/mol. The lowest BCUT2D eigenvalue weighted by Crippen LogP contribution is -2.54. The van der Waals surface area contributed by atoms with Gasteiger partial charge in [-0.1, -0.05) is 6.42 Å². The summed E-state index contributed by atoms with van der Waals surface area (Å²) in [6.07, 6.45) is 7.57.